The monoisotopic (exact) mass is 307 g/mol. The van der Waals surface area contributed by atoms with Crippen molar-refractivity contribution in [1.29, 1.82) is 0 Å². The van der Waals surface area contributed by atoms with Gasteiger partial charge in [0.2, 0.25) is 0 Å². The third kappa shape index (κ3) is 3.73. The van der Waals surface area contributed by atoms with E-state index < -0.39 is 0 Å². The molecule has 1 aliphatic carbocycles. The van der Waals surface area contributed by atoms with Crippen molar-refractivity contribution < 1.29 is 4.74 Å². The van der Waals surface area contributed by atoms with Gasteiger partial charge in [-0.1, -0.05) is 11.6 Å². The second-order valence-corrected chi connectivity index (χ2v) is 7.65. The number of likely N-dealkylation sites (N-methyl/N-ethyl adjacent to an activating group) is 1. The van der Waals surface area contributed by atoms with E-state index >= 15 is 0 Å². The van der Waals surface area contributed by atoms with Crippen LogP contribution in [0.1, 0.15) is 38.5 Å². The zero-order valence-electron chi connectivity index (χ0n) is 14.3. The Labute approximate surface area is 135 Å². The summed E-state index contributed by atoms with van der Waals surface area (Å²) in [4.78, 5) is 2.40. The summed E-state index contributed by atoms with van der Waals surface area (Å²) in [6, 6.07) is 0.623. The second kappa shape index (κ2) is 7.43. The molecule has 4 nitrogen and oxygen atoms in total. The lowest BCUT2D eigenvalue weighted by atomic mass is 9.78. The third-order valence-corrected chi connectivity index (χ3v) is 5.96. The zero-order valence-corrected chi connectivity index (χ0v) is 14.3. The van der Waals surface area contributed by atoms with Crippen molar-refractivity contribution in [2.45, 2.75) is 50.7 Å². The molecule has 2 fully saturated rings. The lowest BCUT2D eigenvalue weighted by Gasteiger charge is -2.36. The van der Waals surface area contributed by atoms with Crippen molar-refractivity contribution in [2.75, 3.05) is 33.9 Å². The standard InChI is InChI=1S/C18H33N3O/c1-21(2)17-6-4-13(3-5-14-7-9-20-18(14)19)11-16(17)15-8-10-22-12-15/h11,13-15,17-18,20H,3-10,12,19H2,1-2H3. The molecular formula is C18H33N3O. The highest BCUT2D eigenvalue weighted by molar-refractivity contribution is 5.20. The third-order valence-electron chi connectivity index (χ3n) is 5.96. The van der Waals surface area contributed by atoms with Gasteiger partial charge in [-0.05, 0) is 71.0 Å². The molecule has 0 saturated carbocycles. The molecule has 126 valence electrons. The van der Waals surface area contributed by atoms with E-state index in [9.17, 15) is 0 Å². The molecule has 3 aliphatic rings. The van der Waals surface area contributed by atoms with Crippen molar-refractivity contribution in [3.63, 3.8) is 0 Å². The highest BCUT2D eigenvalue weighted by Crippen LogP contribution is 2.36. The summed E-state index contributed by atoms with van der Waals surface area (Å²) < 4.78 is 5.64. The van der Waals surface area contributed by atoms with E-state index in [-0.39, 0.29) is 6.17 Å². The maximum absolute atomic E-state index is 6.13. The van der Waals surface area contributed by atoms with Crippen LogP contribution in [0.15, 0.2) is 11.6 Å². The van der Waals surface area contributed by atoms with Crippen LogP contribution >= 0.6 is 0 Å². The summed E-state index contributed by atoms with van der Waals surface area (Å²) in [7, 11) is 4.44. The first-order valence-corrected chi connectivity index (χ1v) is 9.10. The molecule has 4 heteroatoms. The van der Waals surface area contributed by atoms with Crippen LogP contribution in [0.2, 0.25) is 0 Å². The van der Waals surface area contributed by atoms with Crippen LogP contribution in [-0.2, 0) is 4.74 Å². The van der Waals surface area contributed by atoms with E-state index in [4.69, 9.17) is 10.5 Å². The fourth-order valence-electron chi connectivity index (χ4n) is 4.53. The Kier molecular flexibility index (Phi) is 5.55. The van der Waals surface area contributed by atoms with Crippen molar-refractivity contribution in [1.82, 2.24) is 10.2 Å². The molecule has 0 aromatic carbocycles. The first-order valence-electron chi connectivity index (χ1n) is 9.10. The molecule has 0 amide bonds. The average molecular weight is 307 g/mol. The Morgan fingerprint density at radius 1 is 1.23 bits per heavy atom. The maximum atomic E-state index is 6.13. The topological polar surface area (TPSA) is 50.5 Å². The molecule has 0 bridgehead atoms. The van der Waals surface area contributed by atoms with E-state index in [0.29, 0.717) is 17.9 Å². The summed E-state index contributed by atoms with van der Waals surface area (Å²) in [6.07, 6.45) is 10.5. The predicted molar refractivity (Wildman–Crippen MR) is 90.5 cm³/mol. The largest absolute Gasteiger partial charge is 0.381 e. The normalized spacial score (nSPS) is 39.5. The number of nitrogens with one attached hydrogen (secondary N) is 1. The average Bonchev–Trinajstić information content (AvgIpc) is 3.16. The molecule has 0 aromatic heterocycles. The number of rotatable bonds is 5. The van der Waals surface area contributed by atoms with Crippen LogP contribution < -0.4 is 11.1 Å². The Balaban J connectivity index is 1.62. The Hall–Kier alpha value is -0.420. The number of hydrogen-bond donors (Lipinski definition) is 2. The number of nitrogens with zero attached hydrogens (tertiary/aromatic N) is 1. The van der Waals surface area contributed by atoms with Gasteiger partial charge in [-0.2, -0.15) is 0 Å². The molecule has 0 spiro atoms. The lowest BCUT2D eigenvalue weighted by molar-refractivity contribution is 0.183. The van der Waals surface area contributed by atoms with Gasteiger partial charge in [-0.3, -0.25) is 0 Å². The van der Waals surface area contributed by atoms with Crippen LogP contribution in [0, 0.1) is 17.8 Å². The van der Waals surface area contributed by atoms with E-state index in [1.54, 1.807) is 5.57 Å². The van der Waals surface area contributed by atoms with Crippen LogP contribution in [0.25, 0.3) is 0 Å². The second-order valence-electron chi connectivity index (χ2n) is 7.65. The minimum Gasteiger partial charge on any atom is -0.381 e. The van der Waals surface area contributed by atoms with Gasteiger partial charge in [-0.15, -0.1) is 0 Å². The molecule has 3 rings (SSSR count). The number of allylic oxidation sites excluding steroid dienone is 1. The maximum Gasteiger partial charge on any atom is 0.0575 e. The molecular weight excluding hydrogens is 274 g/mol. The van der Waals surface area contributed by atoms with E-state index in [0.717, 1.165) is 25.7 Å². The van der Waals surface area contributed by atoms with E-state index in [1.807, 2.05) is 0 Å². The van der Waals surface area contributed by atoms with Crippen LogP contribution in [0.4, 0.5) is 0 Å². The Morgan fingerprint density at radius 2 is 2.09 bits per heavy atom. The quantitative estimate of drug-likeness (QED) is 0.763. The minimum atomic E-state index is 0.227. The summed E-state index contributed by atoms with van der Waals surface area (Å²) in [5.41, 5.74) is 7.79. The highest BCUT2D eigenvalue weighted by atomic mass is 16.5. The number of hydrogen-bond acceptors (Lipinski definition) is 4. The smallest absolute Gasteiger partial charge is 0.0575 e. The van der Waals surface area contributed by atoms with Gasteiger partial charge in [0.15, 0.2) is 0 Å². The molecule has 2 heterocycles. The molecule has 5 atom stereocenters. The summed E-state index contributed by atoms with van der Waals surface area (Å²) in [5.74, 6) is 2.09. The Morgan fingerprint density at radius 3 is 2.73 bits per heavy atom. The van der Waals surface area contributed by atoms with E-state index in [1.165, 1.54) is 38.5 Å². The molecule has 2 saturated heterocycles. The van der Waals surface area contributed by atoms with Gasteiger partial charge in [0.1, 0.15) is 0 Å². The van der Waals surface area contributed by atoms with Gasteiger partial charge in [0, 0.05) is 18.6 Å². The molecule has 3 N–H and O–H groups in total. The fourth-order valence-corrected chi connectivity index (χ4v) is 4.53. The first-order chi connectivity index (χ1) is 10.6. The van der Waals surface area contributed by atoms with Gasteiger partial charge in [0.25, 0.3) is 0 Å². The number of ether oxygens (including phenoxy) is 1. The lowest BCUT2D eigenvalue weighted by Crippen LogP contribution is -2.37. The highest BCUT2D eigenvalue weighted by Gasteiger charge is 2.32. The number of nitrogens with two attached hydrogens (primary N) is 1. The molecule has 5 unspecified atom stereocenters. The van der Waals surface area contributed by atoms with Gasteiger partial charge in [-0.25, -0.2) is 0 Å². The van der Waals surface area contributed by atoms with Crippen LogP contribution in [0.3, 0.4) is 0 Å². The van der Waals surface area contributed by atoms with Crippen molar-refractivity contribution >= 4 is 0 Å². The fraction of sp³-hybridized carbons (Fsp3) is 0.889. The Bertz CT molecular complexity index is 390. The van der Waals surface area contributed by atoms with Crippen molar-refractivity contribution in [3.05, 3.63) is 11.6 Å². The van der Waals surface area contributed by atoms with Gasteiger partial charge in [0.05, 0.1) is 12.8 Å². The predicted octanol–water partition coefficient (Wildman–Crippen LogP) is 1.96. The van der Waals surface area contributed by atoms with Gasteiger partial charge >= 0.3 is 0 Å². The molecule has 2 aliphatic heterocycles. The summed E-state index contributed by atoms with van der Waals surface area (Å²) in [5, 5.41) is 3.37. The first kappa shape index (κ1) is 16.4. The zero-order chi connectivity index (χ0) is 15.5. The van der Waals surface area contributed by atoms with Gasteiger partial charge < -0.3 is 20.7 Å². The van der Waals surface area contributed by atoms with Crippen molar-refractivity contribution in [2.24, 2.45) is 23.5 Å². The van der Waals surface area contributed by atoms with Crippen LogP contribution in [0.5, 0.6) is 0 Å². The summed E-state index contributed by atoms with van der Waals surface area (Å²) in [6.45, 7) is 2.97. The summed E-state index contributed by atoms with van der Waals surface area (Å²) >= 11 is 0. The minimum absolute atomic E-state index is 0.227. The molecule has 0 aromatic rings. The van der Waals surface area contributed by atoms with E-state index in [2.05, 4.69) is 30.4 Å². The van der Waals surface area contributed by atoms with Crippen LogP contribution in [-0.4, -0.2) is 51.0 Å². The molecule has 0 radical (unpaired) electrons. The van der Waals surface area contributed by atoms with Crippen molar-refractivity contribution in [3.8, 4) is 0 Å². The molecule has 22 heavy (non-hydrogen) atoms. The SMILES string of the molecule is CN(C)C1CCC(CCC2CCNC2N)C=C1C1CCOC1.